The first-order valence-corrected chi connectivity index (χ1v) is 16.0. The van der Waals surface area contributed by atoms with Gasteiger partial charge >= 0.3 is 0 Å². The van der Waals surface area contributed by atoms with Gasteiger partial charge in [0, 0.05) is 24.1 Å². The van der Waals surface area contributed by atoms with Crippen molar-refractivity contribution in [3.8, 4) is 17.2 Å². The number of amides is 2. The zero-order valence-corrected chi connectivity index (χ0v) is 27.6. The number of methoxy groups -OCH3 is 3. The summed E-state index contributed by atoms with van der Waals surface area (Å²) < 4.78 is 16.4. The quantitative estimate of drug-likeness (QED) is 0.269. The lowest BCUT2D eigenvalue weighted by molar-refractivity contribution is -0.125. The van der Waals surface area contributed by atoms with Gasteiger partial charge in [0.1, 0.15) is 0 Å². The van der Waals surface area contributed by atoms with Crippen LogP contribution >= 0.6 is 23.2 Å². The molecule has 1 atom stereocenters. The summed E-state index contributed by atoms with van der Waals surface area (Å²) in [6, 6.07) is 19.1. The van der Waals surface area contributed by atoms with E-state index in [0.29, 0.717) is 58.8 Å². The zero-order valence-electron chi connectivity index (χ0n) is 26.1. The van der Waals surface area contributed by atoms with Gasteiger partial charge in [-0.3, -0.25) is 9.59 Å². The predicted octanol–water partition coefficient (Wildman–Crippen LogP) is 6.10. The third-order valence-corrected chi connectivity index (χ3v) is 10.5. The highest BCUT2D eigenvalue weighted by Gasteiger charge is 2.43. The molecular formula is C35H41Cl2N3O5. The minimum atomic E-state index is -0.627. The lowest BCUT2D eigenvalue weighted by atomic mass is 9.72. The second kappa shape index (κ2) is 13.9. The maximum Gasteiger partial charge on any atom is 0.254 e. The second-order valence-electron chi connectivity index (χ2n) is 12.1. The summed E-state index contributed by atoms with van der Waals surface area (Å²) in [5.41, 5.74) is 7.59. The fourth-order valence-electron chi connectivity index (χ4n) is 7.08. The molecule has 3 aromatic carbocycles. The third kappa shape index (κ3) is 6.60. The van der Waals surface area contributed by atoms with Gasteiger partial charge in [-0.2, -0.15) is 0 Å². The number of rotatable bonds is 11. The van der Waals surface area contributed by atoms with E-state index in [1.165, 1.54) is 21.3 Å². The van der Waals surface area contributed by atoms with Crippen LogP contribution in [0.25, 0.3) is 0 Å². The molecule has 3 aromatic rings. The summed E-state index contributed by atoms with van der Waals surface area (Å²) >= 11 is 12.8. The number of piperidine rings is 1. The fraction of sp³-hybridized carbons (Fsp3) is 0.429. The molecule has 0 radical (unpaired) electrons. The SMILES string of the molecule is COc1cc(C(=O)N2CCC(CCCN3CCC(C(N)=O)(c4ccccc4)CC3)(c3ccc(Cl)c(Cl)c3)C2)cc(OC)c1OC. The average Bonchev–Trinajstić information content (AvgIpc) is 3.50. The van der Waals surface area contributed by atoms with Crippen LogP contribution in [0.3, 0.4) is 0 Å². The van der Waals surface area contributed by atoms with Crippen molar-refractivity contribution < 1.29 is 23.8 Å². The molecule has 8 nitrogen and oxygen atoms in total. The lowest BCUT2D eigenvalue weighted by Crippen LogP contribution is -2.50. The maximum atomic E-state index is 13.9. The molecule has 0 spiro atoms. The van der Waals surface area contributed by atoms with Crippen molar-refractivity contribution in [2.24, 2.45) is 5.73 Å². The van der Waals surface area contributed by atoms with Crippen LogP contribution in [-0.2, 0) is 15.6 Å². The van der Waals surface area contributed by atoms with E-state index in [1.54, 1.807) is 12.1 Å². The summed E-state index contributed by atoms with van der Waals surface area (Å²) in [5, 5.41) is 1.01. The van der Waals surface area contributed by atoms with Crippen LogP contribution < -0.4 is 19.9 Å². The molecule has 2 N–H and O–H groups in total. The lowest BCUT2D eigenvalue weighted by Gasteiger charge is -2.40. The first-order chi connectivity index (χ1) is 21.7. The molecule has 45 heavy (non-hydrogen) atoms. The number of carbonyl (C=O) groups excluding carboxylic acids is 2. The van der Waals surface area contributed by atoms with Crippen molar-refractivity contribution in [2.75, 3.05) is 54.1 Å². The van der Waals surface area contributed by atoms with Crippen LogP contribution in [0, 0.1) is 0 Å². The Morgan fingerprint density at radius 2 is 1.49 bits per heavy atom. The first-order valence-electron chi connectivity index (χ1n) is 15.3. The molecule has 1 unspecified atom stereocenters. The van der Waals surface area contributed by atoms with Crippen LogP contribution in [0.4, 0.5) is 0 Å². The number of hydrogen-bond acceptors (Lipinski definition) is 6. The molecule has 2 saturated heterocycles. The first kappa shape index (κ1) is 32.9. The molecule has 0 aliphatic carbocycles. The highest BCUT2D eigenvalue weighted by atomic mass is 35.5. The smallest absolute Gasteiger partial charge is 0.254 e. The van der Waals surface area contributed by atoms with Crippen LogP contribution in [-0.4, -0.2) is 75.7 Å². The molecule has 2 aliphatic heterocycles. The van der Waals surface area contributed by atoms with Gasteiger partial charge in [-0.25, -0.2) is 0 Å². The molecule has 2 aliphatic rings. The summed E-state index contributed by atoms with van der Waals surface area (Å²) in [7, 11) is 4.61. The largest absolute Gasteiger partial charge is 0.493 e. The van der Waals surface area contributed by atoms with E-state index < -0.39 is 5.41 Å². The minimum Gasteiger partial charge on any atom is -0.493 e. The second-order valence-corrected chi connectivity index (χ2v) is 12.9. The van der Waals surface area contributed by atoms with Crippen LogP contribution in [0.5, 0.6) is 17.2 Å². The third-order valence-electron chi connectivity index (χ3n) is 9.72. The number of halogens is 2. The van der Waals surface area contributed by atoms with E-state index >= 15 is 0 Å². The van der Waals surface area contributed by atoms with Crippen LogP contribution in [0.1, 0.15) is 53.6 Å². The Kier molecular flexibility index (Phi) is 10.2. The molecule has 0 aromatic heterocycles. The molecule has 2 amide bonds. The molecular weight excluding hydrogens is 613 g/mol. The monoisotopic (exact) mass is 653 g/mol. The predicted molar refractivity (Wildman–Crippen MR) is 177 cm³/mol. The Labute approximate surface area is 275 Å². The number of benzene rings is 3. The molecule has 0 saturated carbocycles. The van der Waals surface area contributed by atoms with E-state index in [9.17, 15) is 9.59 Å². The van der Waals surface area contributed by atoms with Gasteiger partial charge < -0.3 is 29.7 Å². The minimum absolute atomic E-state index is 0.101. The Bertz CT molecular complexity index is 1500. The van der Waals surface area contributed by atoms with Gasteiger partial charge in [0.2, 0.25) is 11.7 Å². The van der Waals surface area contributed by atoms with Crippen LogP contribution in [0.2, 0.25) is 10.0 Å². The van der Waals surface area contributed by atoms with Crippen LogP contribution in [0.15, 0.2) is 60.7 Å². The molecule has 0 bridgehead atoms. The van der Waals surface area contributed by atoms with Gasteiger partial charge in [-0.15, -0.1) is 0 Å². The van der Waals surface area contributed by atoms with Gasteiger partial charge in [0.05, 0.1) is 36.8 Å². The standard InChI is InChI=1S/C35H41Cl2N3O5/c1-43-29-20-24(21-30(44-2)31(29)45-3)32(41)40-19-13-34(23-40,26-10-11-27(36)28(37)22-26)12-7-16-39-17-14-35(15-18-39,33(38)42)25-8-5-4-6-9-25/h4-6,8-11,20-22H,7,12-19,23H2,1-3H3,(H2,38,42). The maximum absolute atomic E-state index is 13.9. The molecule has 2 heterocycles. The van der Waals surface area contributed by atoms with Crippen molar-refractivity contribution >= 4 is 35.0 Å². The highest BCUT2D eigenvalue weighted by molar-refractivity contribution is 6.42. The topological polar surface area (TPSA) is 94.3 Å². The summed E-state index contributed by atoms with van der Waals surface area (Å²) in [6.45, 7) is 3.61. The number of nitrogens with zero attached hydrogens (tertiary/aromatic N) is 2. The van der Waals surface area contributed by atoms with Crippen molar-refractivity contribution in [1.82, 2.24) is 9.80 Å². The number of hydrogen-bond donors (Lipinski definition) is 1. The number of likely N-dealkylation sites (tertiary alicyclic amines) is 2. The molecule has 5 rings (SSSR count). The fourth-order valence-corrected chi connectivity index (χ4v) is 7.37. The van der Waals surface area contributed by atoms with Crippen molar-refractivity contribution in [3.05, 3.63) is 87.4 Å². The summed E-state index contributed by atoms with van der Waals surface area (Å²) in [5.74, 6) is 0.955. The number of nitrogens with two attached hydrogens (primary N) is 1. The Morgan fingerprint density at radius 3 is 2.07 bits per heavy atom. The normalized spacial score (nSPS) is 19.7. The average molecular weight is 655 g/mol. The van der Waals surface area contributed by atoms with E-state index in [-0.39, 0.29) is 17.2 Å². The van der Waals surface area contributed by atoms with Gasteiger partial charge in [0.25, 0.3) is 5.91 Å². The highest BCUT2D eigenvalue weighted by Crippen LogP contribution is 2.43. The molecule has 2 fully saturated rings. The molecule has 240 valence electrons. The van der Waals surface area contributed by atoms with E-state index in [2.05, 4.69) is 4.90 Å². The van der Waals surface area contributed by atoms with Crippen molar-refractivity contribution in [1.29, 1.82) is 0 Å². The Morgan fingerprint density at radius 1 is 0.822 bits per heavy atom. The van der Waals surface area contributed by atoms with Crippen molar-refractivity contribution in [2.45, 2.75) is 42.9 Å². The van der Waals surface area contributed by atoms with E-state index in [1.807, 2.05) is 53.4 Å². The zero-order chi connectivity index (χ0) is 32.2. The van der Waals surface area contributed by atoms with E-state index in [0.717, 1.165) is 50.0 Å². The van der Waals surface area contributed by atoms with Gasteiger partial charge in [0.15, 0.2) is 11.5 Å². The Hall–Kier alpha value is -3.46. The number of primary amides is 1. The number of carbonyl (C=O) groups is 2. The van der Waals surface area contributed by atoms with Gasteiger partial charge in [-0.1, -0.05) is 59.6 Å². The summed E-state index contributed by atoms with van der Waals surface area (Å²) in [6.07, 6.45) is 3.96. The number of ether oxygens (including phenoxy) is 3. The Balaban J connectivity index is 1.31. The molecule has 10 heteroatoms. The van der Waals surface area contributed by atoms with E-state index in [4.69, 9.17) is 43.1 Å². The summed E-state index contributed by atoms with van der Waals surface area (Å²) in [4.78, 5) is 30.8. The van der Waals surface area contributed by atoms with Crippen molar-refractivity contribution in [3.63, 3.8) is 0 Å². The van der Waals surface area contributed by atoms with Gasteiger partial charge in [-0.05, 0) is 87.1 Å².